The SMILES string of the molecule is Cc1cnc(C(N)c2cccc3ccncc23)cn1. The Morgan fingerprint density at radius 3 is 2.74 bits per heavy atom. The number of nitrogens with zero attached hydrogens (tertiary/aromatic N) is 3. The number of fused-ring (bicyclic) bond motifs is 1. The van der Waals surface area contributed by atoms with Crippen LogP contribution >= 0.6 is 0 Å². The average molecular weight is 250 g/mol. The number of benzene rings is 1. The van der Waals surface area contributed by atoms with Gasteiger partial charge < -0.3 is 5.73 Å². The number of aromatic nitrogens is 3. The third-order valence-electron chi connectivity index (χ3n) is 3.17. The van der Waals surface area contributed by atoms with Crippen molar-refractivity contribution in [2.24, 2.45) is 5.73 Å². The first kappa shape index (κ1) is 11.7. The Balaban J connectivity index is 2.11. The van der Waals surface area contributed by atoms with Gasteiger partial charge in [-0.1, -0.05) is 18.2 Å². The summed E-state index contributed by atoms with van der Waals surface area (Å²) in [6, 6.07) is 7.75. The predicted molar refractivity (Wildman–Crippen MR) is 74.5 cm³/mol. The zero-order valence-corrected chi connectivity index (χ0v) is 10.6. The van der Waals surface area contributed by atoms with E-state index in [1.807, 2.05) is 37.4 Å². The van der Waals surface area contributed by atoms with Crippen molar-refractivity contribution >= 4 is 10.8 Å². The van der Waals surface area contributed by atoms with Crippen molar-refractivity contribution in [3.05, 3.63) is 66.0 Å². The molecule has 2 N–H and O–H groups in total. The third kappa shape index (κ3) is 2.18. The summed E-state index contributed by atoms with van der Waals surface area (Å²) in [4.78, 5) is 12.8. The van der Waals surface area contributed by atoms with Crippen LogP contribution in [0.2, 0.25) is 0 Å². The highest BCUT2D eigenvalue weighted by Gasteiger charge is 2.13. The molecule has 0 radical (unpaired) electrons. The lowest BCUT2D eigenvalue weighted by Crippen LogP contribution is -2.14. The smallest absolute Gasteiger partial charge is 0.0799 e. The maximum absolute atomic E-state index is 6.30. The monoisotopic (exact) mass is 250 g/mol. The summed E-state index contributed by atoms with van der Waals surface area (Å²) in [5.41, 5.74) is 8.97. The number of rotatable bonds is 2. The summed E-state index contributed by atoms with van der Waals surface area (Å²) < 4.78 is 0. The largest absolute Gasteiger partial charge is 0.319 e. The van der Waals surface area contributed by atoms with Gasteiger partial charge in [0.05, 0.1) is 23.6 Å². The molecule has 0 bridgehead atoms. The minimum Gasteiger partial charge on any atom is -0.319 e. The van der Waals surface area contributed by atoms with Crippen LogP contribution < -0.4 is 5.73 Å². The van der Waals surface area contributed by atoms with Crippen molar-refractivity contribution in [3.8, 4) is 0 Å². The number of pyridine rings is 1. The topological polar surface area (TPSA) is 64.7 Å². The normalized spacial score (nSPS) is 12.5. The molecule has 0 spiro atoms. The fourth-order valence-electron chi connectivity index (χ4n) is 2.13. The van der Waals surface area contributed by atoms with Crippen LogP contribution in [0.25, 0.3) is 10.8 Å². The molecule has 3 rings (SSSR count). The van der Waals surface area contributed by atoms with Gasteiger partial charge in [0.15, 0.2) is 0 Å². The quantitative estimate of drug-likeness (QED) is 0.758. The fourth-order valence-corrected chi connectivity index (χ4v) is 2.13. The Hall–Kier alpha value is -2.33. The molecule has 0 fully saturated rings. The molecule has 3 aromatic rings. The van der Waals surface area contributed by atoms with Crippen molar-refractivity contribution in [1.29, 1.82) is 0 Å². The summed E-state index contributed by atoms with van der Waals surface area (Å²) in [5, 5.41) is 2.18. The zero-order chi connectivity index (χ0) is 13.2. The van der Waals surface area contributed by atoms with E-state index in [0.29, 0.717) is 0 Å². The molecule has 2 aromatic heterocycles. The van der Waals surface area contributed by atoms with Gasteiger partial charge in [-0.05, 0) is 23.9 Å². The lowest BCUT2D eigenvalue weighted by atomic mass is 9.99. The van der Waals surface area contributed by atoms with Gasteiger partial charge in [-0.25, -0.2) is 0 Å². The Bertz CT molecular complexity index is 701. The van der Waals surface area contributed by atoms with Crippen molar-refractivity contribution in [3.63, 3.8) is 0 Å². The molecular formula is C15H14N4. The highest BCUT2D eigenvalue weighted by atomic mass is 14.8. The second-order valence-corrected chi connectivity index (χ2v) is 4.50. The standard InChI is InChI=1S/C15H14N4/c1-10-7-19-14(9-18-10)15(16)12-4-2-3-11-5-6-17-8-13(11)12/h2-9,15H,16H2,1H3. The van der Waals surface area contributed by atoms with Gasteiger partial charge in [0.25, 0.3) is 0 Å². The van der Waals surface area contributed by atoms with Gasteiger partial charge in [-0.2, -0.15) is 0 Å². The number of hydrogen-bond donors (Lipinski definition) is 1. The summed E-state index contributed by atoms with van der Waals surface area (Å²) in [6.45, 7) is 1.91. The lowest BCUT2D eigenvalue weighted by molar-refractivity contribution is 0.819. The van der Waals surface area contributed by atoms with E-state index < -0.39 is 0 Å². The molecule has 0 aliphatic heterocycles. The Morgan fingerprint density at radius 2 is 1.95 bits per heavy atom. The highest BCUT2D eigenvalue weighted by Crippen LogP contribution is 2.25. The maximum atomic E-state index is 6.30. The van der Waals surface area contributed by atoms with E-state index in [9.17, 15) is 0 Å². The van der Waals surface area contributed by atoms with Crippen LogP contribution in [0.4, 0.5) is 0 Å². The molecular weight excluding hydrogens is 236 g/mol. The molecule has 2 heterocycles. The van der Waals surface area contributed by atoms with E-state index in [0.717, 1.165) is 27.7 Å². The van der Waals surface area contributed by atoms with E-state index in [-0.39, 0.29) is 6.04 Å². The van der Waals surface area contributed by atoms with Crippen LogP contribution in [0, 0.1) is 6.92 Å². The molecule has 94 valence electrons. The van der Waals surface area contributed by atoms with E-state index in [2.05, 4.69) is 15.0 Å². The highest BCUT2D eigenvalue weighted by molar-refractivity contribution is 5.85. The second kappa shape index (κ2) is 4.74. The van der Waals surface area contributed by atoms with Crippen molar-refractivity contribution in [2.75, 3.05) is 0 Å². The molecule has 1 unspecified atom stereocenters. The molecule has 0 amide bonds. The van der Waals surface area contributed by atoms with Gasteiger partial charge in [0, 0.05) is 24.0 Å². The van der Waals surface area contributed by atoms with Gasteiger partial charge in [0.1, 0.15) is 0 Å². The van der Waals surface area contributed by atoms with E-state index in [4.69, 9.17) is 5.73 Å². The van der Waals surface area contributed by atoms with Crippen molar-refractivity contribution in [2.45, 2.75) is 13.0 Å². The minimum atomic E-state index is -0.291. The van der Waals surface area contributed by atoms with Gasteiger partial charge in [0.2, 0.25) is 0 Å². The first-order chi connectivity index (χ1) is 9.25. The van der Waals surface area contributed by atoms with Gasteiger partial charge in [-0.3, -0.25) is 15.0 Å². The second-order valence-electron chi connectivity index (χ2n) is 4.50. The molecule has 4 nitrogen and oxygen atoms in total. The van der Waals surface area contributed by atoms with Crippen LogP contribution in [0.1, 0.15) is 23.0 Å². The van der Waals surface area contributed by atoms with Gasteiger partial charge in [-0.15, -0.1) is 0 Å². The Kier molecular flexibility index (Phi) is 2.93. The summed E-state index contributed by atoms with van der Waals surface area (Å²) >= 11 is 0. The molecule has 0 aliphatic carbocycles. The molecule has 19 heavy (non-hydrogen) atoms. The Labute approximate surface area is 111 Å². The zero-order valence-electron chi connectivity index (χ0n) is 10.6. The molecule has 0 saturated carbocycles. The summed E-state index contributed by atoms with van der Waals surface area (Å²) in [5.74, 6) is 0. The molecule has 4 heteroatoms. The van der Waals surface area contributed by atoms with Crippen molar-refractivity contribution in [1.82, 2.24) is 15.0 Å². The average Bonchev–Trinajstić information content (AvgIpc) is 2.47. The number of nitrogens with two attached hydrogens (primary N) is 1. The van der Waals surface area contributed by atoms with E-state index >= 15 is 0 Å². The maximum Gasteiger partial charge on any atom is 0.0799 e. The van der Waals surface area contributed by atoms with Crippen LogP contribution in [0.3, 0.4) is 0 Å². The van der Waals surface area contributed by atoms with Gasteiger partial charge >= 0.3 is 0 Å². The molecule has 1 atom stereocenters. The minimum absolute atomic E-state index is 0.291. The van der Waals surface area contributed by atoms with Crippen LogP contribution in [-0.2, 0) is 0 Å². The summed E-state index contributed by atoms with van der Waals surface area (Å²) in [6.07, 6.45) is 7.09. The fraction of sp³-hybridized carbons (Fsp3) is 0.133. The molecule has 1 aromatic carbocycles. The van der Waals surface area contributed by atoms with Crippen LogP contribution in [-0.4, -0.2) is 15.0 Å². The van der Waals surface area contributed by atoms with Crippen LogP contribution in [0.5, 0.6) is 0 Å². The predicted octanol–water partition coefficient (Wildman–Crippen LogP) is 2.38. The first-order valence-corrected chi connectivity index (χ1v) is 6.12. The van der Waals surface area contributed by atoms with Crippen molar-refractivity contribution < 1.29 is 0 Å². The lowest BCUT2D eigenvalue weighted by Gasteiger charge is -2.13. The molecule has 0 aliphatic rings. The Morgan fingerprint density at radius 1 is 1.05 bits per heavy atom. The first-order valence-electron chi connectivity index (χ1n) is 6.12. The number of hydrogen-bond acceptors (Lipinski definition) is 4. The van der Waals surface area contributed by atoms with E-state index in [1.165, 1.54) is 0 Å². The van der Waals surface area contributed by atoms with Crippen LogP contribution in [0.15, 0.2) is 49.1 Å². The molecule has 0 saturated heterocycles. The summed E-state index contributed by atoms with van der Waals surface area (Å²) in [7, 11) is 0. The number of aryl methyl sites for hydroxylation is 1. The van der Waals surface area contributed by atoms with E-state index in [1.54, 1.807) is 18.6 Å². The third-order valence-corrected chi connectivity index (χ3v) is 3.17.